The van der Waals surface area contributed by atoms with Crippen LogP contribution in [0, 0.1) is 0 Å². The van der Waals surface area contributed by atoms with Gasteiger partial charge in [0.25, 0.3) is 5.91 Å². The van der Waals surface area contributed by atoms with Gasteiger partial charge in [-0.05, 0) is 49.8 Å². The molecule has 1 amide bonds. The van der Waals surface area contributed by atoms with Crippen molar-refractivity contribution in [3.05, 3.63) is 65.5 Å². The van der Waals surface area contributed by atoms with E-state index in [0.29, 0.717) is 40.8 Å². The lowest BCUT2D eigenvalue weighted by atomic mass is 10.1. The Morgan fingerprint density at radius 3 is 2.41 bits per heavy atom. The molecule has 10 heteroatoms. The summed E-state index contributed by atoms with van der Waals surface area (Å²) < 4.78 is 12.0. The molecule has 0 aliphatic heterocycles. The smallest absolute Gasteiger partial charge is 0.260 e. The van der Waals surface area contributed by atoms with Crippen LogP contribution in [0.3, 0.4) is 0 Å². The number of thiophene rings is 1. The molecule has 0 aliphatic carbocycles. The summed E-state index contributed by atoms with van der Waals surface area (Å²) in [5.74, 6) is 1.22. The average Bonchev–Trinajstić information content (AvgIpc) is 3.58. The summed E-state index contributed by atoms with van der Waals surface area (Å²) in [4.78, 5) is 28.8. The Balaban J connectivity index is 0.00000320. The van der Waals surface area contributed by atoms with Crippen molar-refractivity contribution in [3.63, 3.8) is 0 Å². The summed E-state index contributed by atoms with van der Waals surface area (Å²) in [7, 11) is 7.23. The molecular formula is C27H27ClN4O3S2. The number of carbonyl (C=O) groups excluding carboxylic acids is 1. The monoisotopic (exact) mass is 554 g/mol. The van der Waals surface area contributed by atoms with Gasteiger partial charge in [0.15, 0.2) is 5.13 Å². The second kappa shape index (κ2) is 11.4. The quantitative estimate of drug-likeness (QED) is 0.227. The van der Waals surface area contributed by atoms with Crippen molar-refractivity contribution in [3.8, 4) is 22.1 Å². The van der Waals surface area contributed by atoms with Crippen molar-refractivity contribution in [1.82, 2.24) is 14.9 Å². The van der Waals surface area contributed by atoms with Gasteiger partial charge in [0, 0.05) is 18.5 Å². The lowest BCUT2D eigenvalue weighted by Crippen LogP contribution is -2.37. The fourth-order valence-electron chi connectivity index (χ4n) is 4.02. The lowest BCUT2D eigenvalue weighted by Gasteiger charge is -2.23. The molecule has 2 aromatic carbocycles. The summed E-state index contributed by atoms with van der Waals surface area (Å²) in [6.45, 7) is 1.15. The van der Waals surface area contributed by atoms with Crippen LogP contribution in [0.15, 0.2) is 60.0 Å². The first-order chi connectivity index (χ1) is 17.5. The fraction of sp³-hybridized carbons (Fsp3) is 0.222. The number of hydrogen-bond acceptors (Lipinski definition) is 8. The van der Waals surface area contributed by atoms with Gasteiger partial charge >= 0.3 is 0 Å². The Hall–Kier alpha value is -3.24. The second-order valence-electron chi connectivity index (χ2n) is 8.45. The van der Waals surface area contributed by atoms with Crippen LogP contribution >= 0.6 is 35.1 Å². The Bertz CT molecular complexity index is 1500. The van der Waals surface area contributed by atoms with E-state index in [1.54, 1.807) is 30.5 Å². The van der Waals surface area contributed by atoms with Crippen molar-refractivity contribution >= 4 is 67.2 Å². The van der Waals surface area contributed by atoms with E-state index in [1.807, 2.05) is 74.1 Å². The van der Waals surface area contributed by atoms with Crippen LogP contribution in [-0.2, 0) is 0 Å². The first-order valence-electron chi connectivity index (χ1n) is 11.4. The Morgan fingerprint density at radius 2 is 1.70 bits per heavy atom. The van der Waals surface area contributed by atoms with Crippen LogP contribution in [0.1, 0.15) is 10.4 Å². The molecule has 7 nitrogen and oxygen atoms in total. The van der Waals surface area contributed by atoms with E-state index in [4.69, 9.17) is 19.4 Å². The van der Waals surface area contributed by atoms with Crippen molar-refractivity contribution in [2.75, 3.05) is 46.3 Å². The number of anilines is 1. The molecule has 0 atom stereocenters. The summed E-state index contributed by atoms with van der Waals surface area (Å²) in [5, 5.41) is 3.42. The lowest BCUT2D eigenvalue weighted by molar-refractivity contribution is 0.0986. The minimum atomic E-state index is -0.120. The number of pyridine rings is 1. The molecule has 37 heavy (non-hydrogen) atoms. The van der Waals surface area contributed by atoms with E-state index in [2.05, 4.69) is 4.90 Å². The average molecular weight is 555 g/mol. The number of rotatable bonds is 8. The Morgan fingerprint density at radius 1 is 0.946 bits per heavy atom. The largest absolute Gasteiger partial charge is 0.495 e. The summed E-state index contributed by atoms with van der Waals surface area (Å²) in [6.07, 6.45) is 0. The molecule has 3 heterocycles. The number of halogens is 1. The van der Waals surface area contributed by atoms with Gasteiger partial charge in [-0.3, -0.25) is 9.69 Å². The second-order valence-corrected chi connectivity index (χ2v) is 10.4. The molecule has 3 aromatic heterocycles. The van der Waals surface area contributed by atoms with E-state index >= 15 is 0 Å². The zero-order chi connectivity index (χ0) is 25.2. The first-order valence-corrected chi connectivity index (χ1v) is 13.1. The number of nitrogens with zero attached hydrogens (tertiary/aromatic N) is 4. The van der Waals surface area contributed by atoms with Gasteiger partial charge in [0.1, 0.15) is 21.7 Å². The number of ether oxygens (including phenoxy) is 2. The third kappa shape index (κ3) is 5.26. The Labute approximate surface area is 229 Å². The van der Waals surface area contributed by atoms with Crippen LogP contribution in [0.5, 0.6) is 11.5 Å². The number of likely N-dealkylation sites (N-methyl/N-ethyl adjacent to an activating group) is 1. The zero-order valence-corrected chi connectivity index (χ0v) is 23.4. The SMILES string of the molecule is COc1ccc(OC)c2sc(N(CCN(C)C)C(=O)c3cc(-c4cccs4)nc4ccccc34)nc12.Cl. The topological polar surface area (TPSA) is 67.8 Å². The highest BCUT2D eigenvalue weighted by Crippen LogP contribution is 2.40. The standard InChI is InChI=1S/C27H26N4O3S2.ClH/c1-30(2)13-14-31(27-29-24-21(33-3)11-12-22(34-4)25(24)36-27)26(32)18-16-20(23-10-7-15-35-23)28-19-9-6-5-8-17(18)19;/h5-12,15-16H,13-14H2,1-4H3;1H. The number of aromatic nitrogens is 2. The van der Waals surface area contributed by atoms with Gasteiger partial charge in [0.05, 0.1) is 35.9 Å². The number of thiazole rings is 1. The van der Waals surface area contributed by atoms with Crippen LogP contribution in [0.25, 0.3) is 31.7 Å². The molecule has 0 spiro atoms. The molecule has 0 unspecified atom stereocenters. The third-order valence-corrected chi connectivity index (χ3v) is 7.85. The van der Waals surface area contributed by atoms with Gasteiger partial charge < -0.3 is 14.4 Å². The van der Waals surface area contributed by atoms with Crippen LogP contribution < -0.4 is 14.4 Å². The van der Waals surface area contributed by atoms with Crippen molar-refractivity contribution in [2.24, 2.45) is 0 Å². The van der Waals surface area contributed by atoms with Gasteiger partial charge in [-0.1, -0.05) is 35.6 Å². The number of methoxy groups -OCH3 is 2. The number of fused-ring (bicyclic) bond motifs is 2. The van der Waals surface area contributed by atoms with Gasteiger partial charge in [0.2, 0.25) is 0 Å². The van der Waals surface area contributed by atoms with E-state index in [-0.39, 0.29) is 18.3 Å². The van der Waals surface area contributed by atoms with Crippen molar-refractivity contribution in [1.29, 1.82) is 0 Å². The molecule has 0 radical (unpaired) electrons. The fourth-order valence-corrected chi connectivity index (χ4v) is 5.81. The predicted molar refractivity (Wildman–Crippen MR) is 155 cm³/mol. The highest BCUT2D eigenvalue weighted by Gasteiger charge is 2.26. The van der Waals surface area contributed by atoms with E-state index < -0.39 is 0 Å². The maximum Gasteiger partial charge on any atom is 0.260 e. The van der Waals surface area contributed by atoms with E-state index in [0.717, 1.165) is 26.2 Å². The Kier molecular flexibility index (Phi) is 8.29. The number of hydrogen-bond donors (Lipinski definition) is 0. The maximum absolute atomic E-state index is 14.3. The normalized spacial score (nSPS) is 11.1. The molecule has 192 valence electrons. The minimum absolute atomic E-state index is 0. The summed E-state index contributed by atoms with van der Waals surface area (Å²) >= 11 is 3.03. The summed E-state index contributed by atoms with van der Waals surface area (Å²) in [5.41, 5.74) is 2.85. The summed E-state index contributed by atoms with van der Waals surface area (Å²) in [6, 6.07) is 17.4. The van der Waals surface area contributed by atoms with Crippen LogP contribution in [0.4, 0.5) is 5.13 Å². The van der Waals surface area contributed by atoms with Crippen molar-refractivity contribution < 1.29 is 14.3 Å². The maximum atomic E-state index is 14.3. The molecule has 0 saturated heterocycles. The number of benzene rings is 2. The molecule has 0 aliphatic rings. The first kappa shape index (κ1) is 26.8. The molecule has 0 fully saturated rings. The number of amides is 1. The molecule has 0 bridgehead atoms. The molecular weight excluding hydrogens is 528 g/mol. The molecule has 5 rings (SSSR count). The molecule has 0 saturated carbocycles. The van der Waals surface area contributed by atoms with E-state index in [9.17, 15) is 4.79 Å². The molecule has 0 N–H and O–H groups in total. The highest BCUT2D eigenvalue weighted by atomic mass is 35.5. The highest BCUT2D eigenvalue weighted by molar-refractivity contribution is 7.22. The van der Waals surface area contributed by atoms with Crippen LogP contribution in [-0.4, -0.2) is 62.2 Å². The van der Waals surface area contributed by atoms with Crippen molar-refractivity contribution in [2.45, 2.75) is 0 Å². The van der Waals surface area contributed by atoms with Gasteiger partial charge in [-0.25, -0.2) is 9.97 Å². The van der Waals surface area contributed by atoms with E-state index in [1.165, 1.54) is 11.3 Å². The predicted octanol–water partition coefficient (Wildman–Crippen LogP) is 6.22. The molecule has 5 aromatic rings. The minimum Gasteiger partial charge on any atom is -0.495 e. The number of carbonyl (C=O) groups is 1. The zero-order valence-electron chi connectivity index (χ0n) is 20.9. The number of para-hydroxylation sites is 1. The third-order valence-electron chi connectivity index (χ3n) is 5.87. The van der Waals surface area contributed by atoms with Gasteiger partial charge in [-0.15, -0.1) is 23.7 Å². The van der Waals surface area contributed by atoms with Gasteiger partial charge in [-0.2, -0.15) is 0 Å². The van der Waals surface area contributed by atoms with Crippen LogP contribution in [0.2, 0.25) is 0 Å².